The Hall–Kier alpha value is -0.300. The van der Waals surface area contributed by atoms with Gasteiger partial charge in [-0.2, -0.15) is 21.6 Å². The highest BCUT2D eigenvalue weighted by atomic mass is 32.2. The first-order valence-corrected chi connectivity index (χ1v) is 3.09. The van der Waals surface area contributed by atoms with Crippen molar-refractivity contribution in [1.82, 2.24) is 0 Å². The quantitative estimate of drug-likeness (QED) is 0.322. The highest BCUT2D eigenvalue weighted by Gasteiger charge is 2.46. The van der Waals surface area contributed by atoms with E-state index in [1.54, 1.807) is 0 Å². The zero-order valence-corrected chi connectivity index (χ0v) is 5.08. The molecule has 0 aliphatic carbocycles. The van der Waals surface area contributed by atoms with E-state index in [0.29, 0.717) is 7.11 Å². The van der Waals surface area contributed by atoms with Gasteiger partial charge in [-0.15, -0.1) is 0 Å². The van der Waals surface area contributed by atoms with E-state index < -0.39 is 15.6 Å². The van der Waals surface area contributed by atoms with Gasteiger partial charge in [0.05, 0.1) is 7.11 Å². The van der Waals surface area contributed by atoms with Gasteiger partial charge >= 0.3 is 15.6 Å². The second kappa shape index (κ2) is 2.14. The summed E-state index contributed by atoms with van der Waals surface area (Å²) >= 11 is 0. The average Bonchev–Trinajstić information content (AvgIpc) is 1.64. The summed E-state index contributed by atoms with van der Waals surface area (Å²) < 4.78 is 55.9. The Bertz CT molecular complexity index is 178. The smallest absolute Gasteiger partial charge is 0.267 e. The molecule has 0 aliphatic rings. The highest BCUT2D eigenvalue weighted by Crippen LogP contribution is 2.23. The van der Waals surface area contributed by atoms with Gasteiger partial charge in [-0.25, -0.2) is 0 Å². The topological polar surface area (TPSA) is 43.4 Å². The van der Waals surface area contributed by atoms with Crippen LogP contribution in [0.25, 0.3) is 0 Å². The lowest BCUT2D eigenvalue weighted by Gasteiger charge is -2.02. The van der Waals surface area contributed by atoms with E-state index in [1.807, 2.05) is 0 Å². The van der Waals surface area contributed by atoms with Crippen LogP contribution < -0.4 is 0 Å². The van der Waals surface area contributed by atoms with E-state index in [-0.39, 0.29) is 0 Å². The fourth-order valence-electron chi connectivity index (χ4n) is 0.0945. The first-order valence-electron chi connectivity index (χ1n) is 1.68. The van der Waals surface area contributed by atoms with Gasteiger partial charge < -0.3 is 0 Å². The molecule has 0 heterocycles. The Labute approximate surface area is 49.5 Å². The summed E-state index contributed by atoms with van der Waals surface area (Å²) in [5, 5.41) is 0. The Morgan fingerprint density at radius 1 is 1.33 bits per heavy atom. The molecular weight excluding hydrogens is 162 g/mol. The maximum atomic E-state index is 11.1. The maximum Gasteiger partial charge on any atom is 0.523 e. The van der Waals surface area contributed by atoms with Crippen molar-refractivity contribution in [3.63, 3.8) is 0 Å². The van der Waals surface area contributed by atoms with Crippen LogP contribution in [0, 0.1) is 0 Å². The molecule has 0 fully saturated rings. The summed E-state index contributed by atoms with van der Waals surface area (Å²) in [7, 11) is -4.89. The largest absolute Gasteiger partial charge is 0.523 e. The standard InChI is InChI=1S/C2H3F3O3S/c1-8-9(6,7)2(3,4)5/h1H3/i1+1. The van der Waals surface area contributed by atoms with Gasteiger partial charge in [0.1, 0.15) is 0 Å². The molecule has 56 valence electrons. The predicted molar refractivity (Wildman–Crippen MR) is 22.0 cm³/mol. The summed E-state index contributed by atoms with van der Waals surface area (Å²) in [6, 6.07) is 0. The molecule has 7 heteroatoms. The molecule has 0 aromatic heterocycles. The SMILES string of the molecule is [13CH3]OS(=O)(=O)C(F)(F)F. The van der Waals surface area contributed by atoms with E-state index in [0.717, 1.165) is 0 Å². The Balaban J connectivity index is 4.57. The number of hydrogen-bond donors (Lipinski definition) is 0. The van der Waals surface area contributed by atoms with Crippen molar-refractivity contribution in [3.8, 4) is 0 Å². The molecule has 0 radical (unpaired) electrons. The van der Waals surface area contributed by atoms with E-state index >= 15 is 0 Å². The maximum absolute atomic E-state index is 11.1. The highest BCUT2D eigenvalue weighted by molar-refractivity contribution is 7.87. The van der Waals surface area contributed by atoms with Gasteiger partial charge in [0.25, 0.3) is 0 Å². The lowest BCUT2D eigenvalue weighted by atomic mass is 11.6. The third-order valence-electron chi connectivity index (χ3n) is 0.503. The van der Waals surface area contributed by atoms with E-state index in [4.69, 9.17) is 0 Å². The van der Waals surface area contributed by atoms with Gasteiger partial charge in [-0.05, 0) is 0 Å². The van der Waals surface area contributed by atoms with Crippen molar-refractivity contribution >= 4 is 10.1 Å². The summed E-state index contributed by atoms with van der Waals surface area (Å²) in [6.07, 6.45) is 0. The lowest BCUT2D eigenvalue weighted by molar-refractivity contribution is -0.0526. The average molecular weight is 165 g/mol. The van der Waals surface area contributed by atoms with Crippen molar-refractivity contribution in [2.24, 2.45) is 0 Å². The van der Waals surface area contributed by atoms with Gasteiger partial charge in [0.15, 0.2) is 0 Å². The molecule has 9 heavy (non-hydrogen) atoms. The first kappa shape index (κ1) is 8.70. The number of alkyl halides is 3. The molecule has 0 saturated heterocycles. The number of halogens is 3. The molecule has 0 aromatic carbocycles. The van der Waals surface area contributed by atoms with Crippen molar-refractivity contribution in [2.75, 3.05) is 7.11 Å². The van der Waals surface area contributed by atoms with Crippen LogP contribution in [0.4, 0.5) is 13.2 Å². The lowest BCUT2D eigenvalue weighted by Crippen LogP contribution is -2.23. The molecule has 0 saturated carbocycles. The summed E-state index contributed by atoms with van der Waals surface area (Å²) in [5.74, 6) is 0. The van der Waals surface area contributed by atoms with Gasteiger partial charge in [0, 0.05) is 0 Å². The van der Waals surface area contributed by atoms with Crippen molar-refractivity contribution in [3.05, 3.63) is 0 Å². The second-order valence-corrected chi connectivity index (χ2v) is 2.77. The molecule has 0 rings (SSSR count). The van der Waals surface area contributed by atoms with Crippen molar-refractivity contribution < 1.29 is 25.8 Å². The molecule has 0 bridgehead atoms. The van der Waals surface area contributed by atoms with Crippen LogP contribution in [0.1, 0.15) is 0 Å². The third kappa shape index (κ3) is 1.83. The molecule has 0 N–H and O–H groups in total. The van der Waals surface area contributed by atoms with E-state index in [2.05, 4.69) is 4.18 Å². The molecule has 0 atom stereocenters. The summed E-state index contributed by atoms with van der Waals surface area (Å²) in [6.45, 7) is 0. The minimum absolute atomic E-state index is 0.447. The summed E-state index contributed by atoms with van der Waals surface area (Å²) in [4.78, 5) is 0. The normalized spacial score (nSPS) is 13.8. The molecule has 0 aromatic rings. The Morgan fingerprint density at radius 2 is 1.67 bits per heavy atom. The van der Waals surface area contributed by atoms with E-state index in [9.17, 15) is 21.6 Å². The number of hydrogen-bond acceptors (Lipinski definition) is 3. The summed E-state index contributed by atoms with van der Waals surface area (Å²) in [5.41, 5.74) is -5.30. The second-order valence-electron chi connectivity index (χ2n) is 1.07. The van der Waals surface area contributed by atoms with Gasteiger partial charge in [-0.3, -0.25) is 4.18 Å². The predicted octanol–water partition coefficient (Wildman–Crippen LogP) is 0.482. The Morgan fingerprint density at radius 3 is 1.67 bits per heavy atom. The fraction of sp³-hybridized carbons (Fsp3) is 1.00. The van der Waals surface area contributed by atoms with Crippen LogP contribution in [0.15, 0.2) is 0 Å². The number of rotatable bonds is 1. The monoisotopic (exact) mass is 165 g/mol. The van der Waals surface area contributed by atoms with Crippen LogP contribution in [0.3, 0.4) is 0 Å². The third-order valence-corrected chi connectivity index (χ3v) is 1.51. The van der Waals surface area contributed by atoms with Crippen molar-refractivity contribution in [2.45, 2.75) is 5.51 Å². The molecule has 0 unspecified atom stereocenters. The van der Waals surface area contributed by atoms with Crippen LogP contribution in [-0.4, -0.2) is 21.0 Å². The first-order chi connectivity index (χ1) is 3.81. The van der Waals surface area contributed by atoms with Gasteiger partial charge in [-0.1, -0.05) is 0 Å². The molecule has 0 amide bonds. The molecule has 0 aliphatic heterocycles. The van der Waals surface area contributed by atoms with Crippen LogP contribution in [-0.2, 0) is 14.3 Å². The fourth-order valence-corrected chi connectivity index (χ4v) is 0.283. The minimum Gasteiger partial charge on any atom is -0.267 e. The van der Waals surface area contributed by atoms with Gasteiger partial charge in [0.2, 0.25) is 0 Å². The molecule has 0 spiro atoms. The zero-order valence-electron chi connectivity index (χ0n) is 4.27. The zero-order chi connectivity index (χ0) is 7.71. The van der Waals surface area contributed by atoms with Crippen molar-refractivity contribution in [1.29, 1.82) is 0 Å². The van der Waals surface area contributed by atoms with Crippen LogP contribution >= 0.6 is 0 Å². The molecule has 3 nitrogen and oxygen atoms in total. The van der Waals surface area contributed by atoms with Crippen LogP contribution in [0.2, 0.25) is 0 Å². The minimum atomic E-state index is -5.34. The Kier molecular flexibility index (Phi) is 2.07. The molecular formula is C2H3F3O3S. The van der Waals surface area contributed by atoms with Crippen LogP contribution in [0.5, 0.6) is 0 Å². The van der Waals surface area contributed by atoms with E-state index in [1.165, 1.54) is 0 Å².